The van der Waals surface area contributed by atoms with Crippen molar-refractivity contribution in [1.29, 1.82) is 0 Å². The quantitative estimate of drug-likeness (QED) is 0.674. The largest absolute Gasteiger partial charge is 0.370 e. The molecule has 0 spiro atoms. The van der Waals surface area contributed by atoms with Gasteiger partial charge in [0, 0.05) is 13.0 Å². The van der Waals surface area contributed by atoms with Gasteiger partial charge in [0.2, 0.25) is 11.8 Å². The van der Waals surface area contributed by atoms with Crippen molar-refractivity contribution in [2.45, 2.75) is 31.1 Å². The monoisotopic (exact) mass is 289 g/mol. The molecule has 1 aliphatic heterocycles. The van der Waals surface area contributed by atoms with Crippen LogP contribution in [-0.4, -0.2) is 31.4 Å². The molecular formula is C16H23N3O2. The van der Waals surface area contributed by atoms with Crippen LogP contribution in [0.5, 0.6) is 0 Å². The third-order valence-corrected chi connectivity index (χ3v) is 4.10. The summed E-state index contributed by atoms with van der Waals surface area (Å²) in [4.78, 5) is 23.4. The van der Waals surface area contributed by atoms with Crippen molar-refractivity contribution in [1.82, 2.24) is 10.6 Å². The molecule has 0 bridgehead atoms. The highest BCUT2D eigenvalue weighted by Crippen LogP contribution is 2.33. The van der Waals surface area contributed by atoms with Crippen LogP contribution in [0.1, 0.15) is 31.2 Å². The zero-order valence-electron chi connectivity index (χ0n) is 12.2. The lowest BCUT2D eigenvalue weighted by molar-refractivity contribution is -0.128. The maximum Gasteiger partial charge on any atom is 0.230 e. The third kappa shape index (κ3) is 3.82. The number of primary amides is 1. The molecule has 1 aromatic carbocycles. The first-order valence-electron chi connectivity index (χ1n) is 7.48. The number of piperidine rings is 1. The van der Waals surface area contributed by atoms with E-state index in [1.165, 1.54) is 0 Å². The minimum Gasteiger partial charge on any atom is -0.370 e. The van der Waals surface area contributed by atoms with Gasteiger partial charge >= 0.3 is 0 Å². The molecule has 0 atom stereocenters. The fraction of sp³-hybridized carbons (Fsp3) is 0.500. The van der Waals surface area contributed by atoms with Crippen LogP contribution in [0.3, 0.4) is 0 Å². The van der Waals surface area contributed by atoms with Crippen LogP contribution >= 0.6 is 0 Å². The molecule has 0 unspecified atom stereocenters. The number of carbonyl (C=O) groups excluding carboxylic acids is 2. The number of hydrogen-bond donors (Lipinski definition) is 3. The second-order valence-corrected chi connectivity index (χ2v) is 5.52. The van der Waals surface area contributed by atoms with Crippen molar-refractivity contribution in [3.05, 3.63) is 35.9 Å². The first-order chi connectivity index (χ1) is 10.1. The molecule has 1 aliphatic rings. The molecule has 1 aromatic rings. The highest BCUT2D eigenvalue weighted by molar-refractivity contribution is 5.88. The highest BCUT2D eigenvalue weighted by atomic mass is 16.2. The van der Waals surface area contributed by atoms with E-state index in [1.807, 2.05) is 30.3 Å². The molecule has 0 aromatic heterocycles. The van der Waals surface area contributed by atoms with Gasteiger partial charge in [-0.3, -0.25) is 9.59 Å². The second-order valence-electron chi connectivity index (χ2n) is 5.52. The fourth-order valence-corrected chi connectivity index (χ4v) is 2.89. The van der Waals surface area contributed by atoms with Crippen molar-refractivity contribution in [2.75, 3.05) is 19.6 Å². The van der Waals surface area contributed by atoms with Gasteiger partial charge in [-0.2, -0.15) is 0 Å². The molecule has 114 valence electrons. The summed E-state index contributed by atoms with van der Waals surface area (Å²) in [6, 6.07) is 9.95. The Hall–Kier alpha value is -1.88. The van der Waals surface area contributed by atoms with E-state index in [0.29, 0.717) is 19.4 Å². The summed E-state index contributed by atoms with van der Waals surface area (Å²) in [6.07, 6.45) is 2.47. The molecule has 1 saturated heterocycles. The molecule has 1 heterocycles. The lowest BCUT2D eigenvalue weighted by Gasteiger charge is -2.36. The topological polar surface area (TPSA) is 84.2 Å². The lowest BCUT2D eigenvalue weighted by atomic mass is 9.72. The second kappa shape index (κ2) is 7.22. The maximum atomic E-state index is 12.7. The number of benzene rings is 1. The normalized spacial score (nSPS) is 17.1. The Bertz CT molecular complexity index is 482. The van der Waals surface area contributed by atoms with E-state index in [-0.39, 0.29) is 11.8 Å². The van der Waals surface area contributed by atoms with Crippen molar-refractivity contribution in [2.24, 2.45) is 5.73 Å². The number of carbonyl (C=O) groups is 2. The van der Waals surface area contributed by atoms with E-state index < -0.39 is 5.41 Å². The van der Waals surface area contributed by atoms with E-state index in [1.54, 1.807) is 0 Å². The minimum atomic E-state index is -0.459. The summed E-state index contributed by atoms with van der Waals surface area (Å²) >= 11 is 0. The molecule has 5 nitrogen and oxygen atoms in total. The molecule has 21 heavy (non-hydrogen) atoms. The molecular weight excluding hydrogens is 266 g/mol. The van der Waals surface area contributed by atoms with Gasteiger partial charge in [0.05, 0.1) is 5.41 Å². The van der Waals surface area contributed by atoms with E-state index in [2.05, 4.69) is 10.6 Å². The van der Waals surface area contributed by atoms with Gasteiger partial charge in [0.25, 0.3) is 0 Å². The predicted octanol–water partition coefficient (Wildman–Crippen LogP) is 0.689. The number of nitrogens with two attached hydrogens (primary N) is 1. The van der Waals surface area contributed by atoms with Crippen LogP contribution in [0.4, 0.5) is 0 Å². The highest BCUT2D eigenvalue weighted by Gasteiger charge is 2.40. The van der Waals surface area contributed by atoms with Gasteiger partial charge in [0.15, 0.2) is 0 Å². The number of nitrogens with one attached hydrogen (secondary N) is 2. The molecule has 2 amide bonds. The number of amides is 2. The Balaban J connectivity index is 2.05. The Morgan fingerprint density at radius 1 is 1.19 bits per heavy atom. The lowest BCUT2D eigenvalue weighted by Crippen LogP contribution is -2.50. The standard InChI is InChI=1S/C16H23N3O2/c17-14(20)7-4-10-19-15(21)16(8-11-18-12-9-16)13-5-2-1-3-6-13/h1-3,5-6,18H,4,7-12H2,(H2,17,20)(H,19,21). The van der Waals surface area contributed by atoms with Crippen molar-refractivity contribution >= 4 is 11.8 Å². The number of rotatable bonds is 6. The van der Waals surface area contributed by atoms with Crippen molar-refractivity contribution in [3.8, 4) is 0 Å². The Morgan fingerprint density at radius 3 is 2.48 bits per heavy atom. The van der Waals surface area contributed by atoms with Crippen LogP contribution in [0, 0.1) is 0 Å². The SMILES string of the molecule is NC(=O)CCCNC(=O)C1(c2ccccc2)CCNCC1. The summed E-state index contributed by atoms with van der Waals surface area (Å²) in [7, 11) is 0. The summed E-state index contributed by atoms with van der Waals surface area (Å²) < 4.78 is 0. The average molecular weight is 289 g/mol. The van der Waals surface area contributed by atoms with Gasteiger partial charge in [-0.05, 0) is 37.9 Å². The molecule has 0 radical (unpaired) electrons. The van der Waals surface area contributed by atoms with Gasteiger partial charge in [-0.25, -0.2) is 0 Å². The van der Waals surface area contributed by atoms with E-state index >= 15 is 0 Å². The van der Waals surface area contributed by atoms with Crippen LogP contribution < -0.4 is 16.4 Å². The van der Waals surface area contributed by atoms with Gasteiger partial charge in [-0.1, -0.05) is 30.3 Å². The van der Waals surface area contributed by atoms with Gasteiger partial charge < -0.3 is 16.4 Å². The summed E-state index contributed by atoms with van der Waals surface area (Å²) in [5.41, 5.74) is 5.72. The zero-order valence-corrected chi connectivity index (χ0v) is 12.2. The Kier molecular flexibility index (Phi) is 5.33. The Labute approximate surface area is 125 Å². The summed E-state index contributed by atoms with van der Waals surface area (Å²) in [5, 5.41) is 6.28. The number of hydrogen-bond acceptors (Lipinski definition) is 3. The first kappa shape index (κ1) is 15.5. The van der Waals surface area contributed by atoms with Crippen LogP contribution in [-0.2, 0) is 15.0 Å². The van der Waals surface area contributed by atoms with Crippen LogP contribution in [0.25, 0.3) is 0 Å². The van der Waals surface area contributed by atoms with E-state index in [4.69, 9.17) is 5.73 Å². The maximum absolute atomic E-state index is 12.7. The van der Waals surface area contributed by atoms with Gasteiger partial charge in [-0.15, -0.1) is 0 Å². The fourth-order valence-electron chi connectivity index (χ4n) is 2.89. The Morgan fingerprint density at radius 2 is 1.86 bits per heavy atom. The predicted molar refractivity (Wildman–Crippen MR) is 81.7 cm³/mol. The first-order valence-corrected chi connectivity index (χ1v) is 7.48. The molecule has 4 N–H and O–H groups in total. The van der Waals surface area contributed by atoms with E-state index in [9.17, 15) is 9.59 Å². The third-order valence-electron chi connectivity index (χ3n) is 4.10. The zero-order chi connectivity index (χ0) is 15.1. The summed E-state index contributed by atoms with van der Waals surface area (Å²) in [6.45, 7) is 2.16. The smallest absolute Gasteiger partial charge is 0.230 e. The summed E-state index contributed by atoms with van der Waals surface area (Å²) in [5.74, 6) is -0.274. The van der Waals surface area contributed by atoms with E-state index in [0.717, 1.165) is 31.5 Å². The minimum absolute atomic E-state index is 0.0553. The van der Waals surface area contributed by atoms with Gasteiger partial charge in [0.1, 0.15) is 0 Å². The molecule has 5 heteroatoms. The van der Waals surface area contributed by atoms with Crippen molar-refractivity contribution < 1.29 is 9.59 Å². The molecule has 0 saturated carbocycles. The molecule has 1 fully saturated rings. The van der Waals surface area contributed by atoms with Crippen molar-refractivity contribution in [3.63, 3.8) is 0 Å². The van der Waals surface area contributed by atoms with Crippen LogP contribution in [0.15, 0.2) is 30.3 Å². The van der Waals surface area contributed by atoms with Crippen LogP contribution in [0.2, 0.25) is 0 Å². The molecule has 0 aliphatic carbocycles. The molecule has 2 rings (SSSR count). The average Bonchev–Trinajstić information content (AvgIpc) is 2.52.